The molecule has 0 aliphatic heterocycles. The molecule has 0 spiro atoms. The molecule has 4 nitrogen and oxygen atoms in total. The Hall–Kier alpha value is -6.91. The highest BCUT2D eigenvalue weighted by molar-refractivity contribution is 6.03. The fourth-order valence-electron chi connectivity index (χ4n) is 8.13. The third kappa shape index (κ3) is 5.43. The molecule has 1 aliphatic rings. The summed E-state index contributed by atoms with van der Waals surface area (Å²) in [4.78, 5) is 15.3. The average molecular weight is 693 g/mol. The first-order chi connectivity index (χ1) is 26.6. The van der Waals surface area contributed by atoms with Crippen LogP contribution in [0.1, 0.15) is 23.7 Å². The number of aromatic nitrogens is 4. The van der Waals surface area contributed by atoms with Crippen LogP contribution in [0.5, 0.6) is 0 Å². The predicted octanol–water partition coefficient (Wildman–Crippen LogP) is 12.2. The van der Waals surface area contributed by atoms with E-state index in [9.17, 15) is 0 Å². The van der Waals surface area contributed by atoms with Gasteiger partial charge in [-0.2, -0.15) is 0 Å². The second-order valence-corrected chi connectivity index (χ2v) is 14.3. The fraction of sp³-hybridized carbons (Fsp3) is 0.0600. The van der Waals surface area contributed by atoms with Crippen molar-refractivity contribution < 1.29 is 0 Å². The lowest BCUT2D eigenvalue weighted by Gasteiger charge is -2.31. The van der Waals surface area contributed by atoms with E-state index >= 15 is 0 Å². The molecule has 0 radical (unpaired) electrons. The van der Waals surface area contributed by atoms with Gasteiger partial charge < -0.3 is 4.57 Å². The molecule has 0 unspecified atom stereocenters. The van der Waals surface area contributed by atoms with Crippen molar-refractivity contribution >= 4 is 27.8 Å². The van der Waals surface area contributed by atoms with Crippen molar-refractivity contribution in [3.63, 3.8) is 0 Å². The van der Waals surface area contributed by atoms with Crippen molar-refractivity contribution in [2.45, 2.75) is 18.8 Å². The fourth-order valence-corrected chi connectivity index (χ4v) is 8.13. The van der Waals surface area contributed by atoms with E-state index in [0.29, 0.717) is 17.5 Å². The Morgan fingerprint density at radius 3 is 1.76 bits per heavy atom. The third-order valence-electron chi connectivity index (χ3n) is 10.9. The Morgan fingerprint density at radius 1 is 0.500 bits per heavy atom. The summed E-state index contributed by atoms with van der Waals surface area (Å²) < 4.78 is 2.45. The quantitative estimate of drug-likeness (QED) is 0.174. The number of para-hydroxylation sites is 2. The van der Waals surface area contributed by atoms with Crippen LogP contribution in [-0.2, 0) is 11.8 Å². The Morgan fingerprint density at radius 2 is 1.07 bits per heavy atom. The van der Waals surface area contributed by atoms with E-state index in [-0.39, 0.29) is 5.41 Å². The first kappa shape index (κ1) is 31.8. The standard InChI is InChI=1S/C50H36N4/c1-50(32-31-43-42-23-13-14-24-44(42)54(45(43)33-50)39-20-9-4-10-21-39)38-28-25-35(26-29-38)41-30-27-34-15-11-12-22-40(34)46(41)49-52-47(36-16-5-2-6-17-36)51-48(53-49)37-18-7-3-8-19-37/h2-32H,33H2,1H3/t50-/m1/s1. The highest BCUT2D eigenvalue weighted by Gasteiger charge is 2.32. The maximum absolute atomic E-state index is 5.18. The number of fused-ring (bicyclic) bond motifs is 4. The zero-order valence-electron chi connectivity index (χ0n) is 29.9. The minimum atomic E-state index is -0.192. The summed E-state index contributed by atoms with van der Waals surface area (Å²) in [5, 5.41) is 3.53. The van der Waals surface area contributed by atoms with Gasteiger partial charge in [-0.25, -0.2) is 15.0 Å². The summed E-state index contributed by atoms with van der Waals surface area (Å²) in [6, 6.07) is 61.9. The highest BCUT2D eigenvalue weighted by atomic mass is 15.0. The van der Waals surface area contributed by atoms with Gasteiger partial charge in [-0.1, -0.05) is 177 Å². The van der Waals surface area contributed by atoms with Gasteiger partial charge in [0, 0.05) is 50.9 Å². The summed E-state index contributed by atoms with van der Waals surface area (Å²) in [6.07, 6.45) is 5.62. The first-order valence-corrected chi connectivity index (χ1v) is 18.5. The lowest BCUT2D eigenvalue weighted by atomic mass is 9.74. The number of hydrogen-bond donors (Lipinski definition) is 0. The van der Waals surface area contributed by atoms with E-state index in [4.69, 9.17) is 15.0 Å². The largest absolute Gasteiger partial charge is 0.313 e. The van der Waals surface area contributed by atoms with Crippen molar-refractivity contribution in [3.8, 4) is 51.0 Å². The SMILES string of the molecule is C[C@@]1(c2ccc(-c3ccc4ccccc4c3-c3nc(-c4ccccc4)nc(-c4ccccc4)n3)cc2)C=Cc2c(n(-c3ccccc3)c3ccccc23)C1. The maximum atomic E-state index is 5.18. The van der Waals surface area contributed by atoms with Gasteiger partial charge in [-0.3, -0.25) is 0 Å². The van der Waals surface area contributed by atoms with Gasteiger partial charge in [0.2, 0.25) is 0 Å². The first-order valence-electron chi connectivity index (χ1n) is 18.5. The molecule has 0 saturated carbocycles. The van der Waals surface area contributed by atoms with Crippen molar-refractivity contribution in [1.82, 2.24) is 19.5 Å². The summed E-state index contributed by atoms with van der Waals surface area (Å²) in [6.45, 7) is 2.36. The molecule has 0 fully saturated rings. The molecule has 2 aromatic heterocycles. The molecule has 9 aromatic rings. The van der Waals surface area contributed by atoms with Crippen LogP contribution >= 0.6 is 0 Å². The van der Waals surface area contributed by atoms with Crippen LogP contribution in [0.4, 0.5) is 0 Å². The van der Waals surface area contributed by atoms with Crippen LogP contribution in [0.25, 0.3) is 78.7 Å². The minimum Gasteiger partial charge on any atom is -0.313 e. The van der Waals surface area contributed by atoms with E-state index in [1.165, 1.54) is 33.4 Å². The predicted molar refractivity (Wildman–Crippen MR) is 222 cm³/mol. The molecule has 1 aliphatic carbocycles. The minimum absolute atomic E-state index is 0.192. The molecule has 7 aromatic carbocycles. The molecule has 2 heterocycles. The van der Waals surface area contributed by atoms with E-state index < -0.39 is 0 Å². The number of benzene rings is 7. The molecule has 4 heteroatoms. The summed E-state index contributed by atoms with van der Waals surface area (Å²) >= 11 is 0. The molecular weight excluding hydrogens is 657 g/mol. The van der Waals surface area contributed by atoms with Crippen LogP contribution in [-0.4, -0.2) is 19.5 Å². The van der Waals surface area contributed by atoms with Crippen molar-refractivity contribution in [2.75, 3.05) is 0 Å². The number of allylic oxidation sites excluding steroid dienone is 1. The second-order valence-electron chi connectivity index (χ2n) is 14.3. The monoisotopic (exact) mass is 692 g/mol. The molecule has 0 N–H and O–H groups in total. The normalized spacial score (nSPS) is 15.1. The Bertz CT molecular complexity index is 2780. The molecule has 256 valence electrons. The van der Waals surface area contributed by atoms with Crippen molar-refractivity contribution in [3.05, 3.63) is 199 Å². The lowest BCUT2D eigenvalue weighted by Crippen LogP contribution is -2.26. The Kier molecular flexibility index (Phi) is 7.62. The van der Waals surface area contributed by atoms with Gasteiger partial charge in [0.05, 0.1) is 5.52 Å². The molecule has 54 heavy (non-hydrogen) atoms. The Labute approximate surface area is 314 Å². The topological polar surface area (TPSA) is 43.6 Å². The second kappa shape index (κ2) is 12.9. The van der Waals surface area contributed by atoms with Crippen molar-refractivity contribution in [1.29, 1.82) is 0 Å². The highest BCUT2D eigenvalue weighted by Crippen LogP contribution is 2.43. The van der Waals surface area contributed by atoms with E-state index in [0.717, 1.165) is 45.0 Å². The number of hydrogen-bond acceptors (Lipinski definition) is 3. The van der Waals surface area contributed by atoms with Gasteiger partial charge in [0.25, 0.3) is 0 Å². The van der Waals surface area contributed by atoms with E-state index in [1.807, 2.05) is 36.4 Å². The number of rotatable bonds is 6. The summed E-state index contributed by atoms with van der Waals surface area (Å²) in [5.41, 5.74) is 11.3. The van der Waals surface area contributed by atoms with Gasteiger partial charge in [-0.05, 0) is 45.7 Å². The molecule has 0 bridgehead atoms. The molecular formula is C50H36N4. The molecule has 0 saturated heterocycles. The van der Waals surface area contributed by atoms with Gasteiger partial charge >= 0.3 is 0 Å². The third-order valence-corrected chi connectivity index (χ3v) is 10.9. The average Bonchev–Trinajstić information content (AvgIpc) is 3.57. The van der Waals surface area contributed by atoms with Crippen molar-refractivity contribution in [2.24, 2.45) is 0 Å². The van der Waals surface area contributed by atoms with Crippen LogP contribution in [0.15, 0.2) is 182 Å². The van der Waals surface area contributed by atoms with Crippen LogP contribution in [0.3, 0.4) is 0 Å². The smallest absolute Gasteiger partial charge is 0.165 e. The molecule has 10 rings (SSSR count). The van der Waals surface area contributed by atoms with Gasteiger partial charge in [0.15, 0.2) is 17.5 Å². The Balaban J connectivity index is 1.09. The number of nitrogens with zero attached hydrogens (tertiary/aromatic N) is 4. The maximum Gasteiger partial charge on any atom is 0.165 e. The van der Waals surface area contributed by atoms with Crippen LogP contribution in [0, 0.1) is 0 Å². The summed E-state index contributed by atoms with van der Waals surface area (Å²) in [5.74, 6) is 1.96. The summed E-state index contributed by atoms with van der Waals surface area (Å²) in [7, 11) is 0. The van der Waals surface area contributed by atoms with Gasteiger partial charge in [-0.15, -0.1) is 0 Å². The lowest BCUT2D eigenvalue weighted by molar-refractivity contribution is 0.573. The molecule has 1 atom stereocenters. The van der Waals surface area contributed by atoms with Crippen LogP contribution in [0.2, 0.25) is 0 Å². The zero-order valence-corrected chi connectivity index (χ0v) is 29.9. The van der Waals surface area contributed by atoms with Crippen LogP contribution < -0.4 is 0 Å². The molecule has 0 amide bonds. The van der Waals surface area contributed by atoms with E-state index in [1.54, 1.807) is 0 Å². The van der Waals surface area contributed by atoms with Gasteiger partial charge in [0.1, 0.15) is 0 Å². The zero-order chi connectivity index (χ0) is 36.1. The van der Waals surface area contributed by atoms with E-state index in [2.05, 4.69) is 163 Å².